The second-order valence-electron chi connectivity index (χ2n) is 5.15. The van der Waals surface area contributed by atoms with Crippen molar-refractivity contribution >= 4 is 39.0 Å². The van der Waals surface area contributed by atoms with Gasteiger partial charge in [-0.2, -0.15) is 8.42 Å². The molecule has 2 aromatic rings. The van der Waals surface area contributed by atoms with Crippen LogP contribution in [0.5, 0.6) is 11.5 Å². The molecule has 0 bridgehead atoms. The lowest BCUT2D eigenvalue weighted by atomic mass is 10.2. The molecule has 0 amide bonds. The molecule has 10 heteroatoms. The van der Waals surface area contributed by atoms with Gasteiger partial charge in [-0.15, -0.1) is 0 Å². The lowest BCUT2D eigenvalue weighted by molar-refractivity contribution is -0.215. The summed E-state index contributed by atoms with van der Waals surface area (Å²) in [6.45, 7) is 2.64. The summed E-state index contributed by atoms with van der Waals surface area (Å²) in [5.74, 6) is 0.636. The maximum absolute atomic E-state index is 12.4. The summed E-state index contributed by atoms with van der Waals surface area (Å²) < 4.78 is 35.6. The van der Waals surface area contributed by atoms with Crippen LogP contribution >= 0.6 is 23.8 Å². The van der Waals surface area contributed by atoms with Crippen LogP contribution in [0.3, 0.4) is 0 Å². The number of hydrogen-bond donors (Lipinski definition) is 2. The molecule has 2 rings (SSSR count). The third-order valence-corrected chi connectivity index (χ3v) is 4.92. The van der Waals surface area contributed by atoms with Crippen molar-refractivity contribution in [3.8, 4) is 11.5 Å². The van der Waals surface area contributed by atoms with Crippen molar-refractivity contribution in [2.75, 3.05) is 13.2 Å². The summed E-state index contributed by atoms with van der Waals surface area (Å²) in [5, 5.41) is 3.40. The van der Waals surface area contributed by atoms with Crippen LogP contribution in [0.4, 0.5) is 0 Å². The van der Waals surface area contributed by atoms with Crippen LogP contribution in [0.2, 0.25) is 5.02 Å². The van der Waals surface area contributed by atoms with E-state index in [-0.39, 0.29) is 39.6 Å². The van der Waals surface area contributed by atoms with Gasteiger partial charge in [0, 0.05) is 18.3 Å². The molecule has 0 saturated carbocycles. The van der Waals surface area contributed by atoms with Gasteiger partial charge in [0.05, 0.1) is 11.6 Å². The predicted molar refractivity (Wildman–Crippen MR) is 99.4 cm³/mol. The minimum atomic E-state index is -4.04. The van der Waals surface area contributed by atoms with Gasteiger partial charge in [0.2, 0.25) is 0 Å². The SMILES string of the molecule is Cc1cc(OCCNC([NH3+])=S)cc(OS(=O)(=O)c2ccccc2Cl)c1.[I-]. The van der Waals surface area contributed by atoms with E-state index in [4.69, 9.17) is 32.7 Å². The summed E-state index contributed by atoms with van der Waals surface area (Å²) in [6.07, 6.45) is 0. The first-order valence-corrected chi connectivity index (χ1v) is 9.51. The van der Waals surface area contributed by atoms with Gasteiger partial charge in [0.1, 0.15) is 23.0 Å². The van der Waals surface area contributed by atoms with Crippen LogP contribution in [-0.2, 0) is 10.1 Å². The number of rotatable bonds is 7. The number of halogens is 2. The first-order valence-electron chi connectivity index (χ1n) is 7.31. The van der Waals surface area contributed by atoms with E-state index >= 15 is 0 Å². The van der Waals surface area contributed by atoms with Crippen molar-refractivity contribution < 1.29 is 47.0 Å². The second kappa shape index (κ2) is 10.3. The molecule has 0 fully saturated rings. The largest absolute Gasteiger partial charge is 1.00 e. The highest BCUT2D eigenvalue weighted by atomic mass is 127. The highest BCUT2D eigenvalue weighted by Crippen LogP contribution is 2.28. The van der Waals surface area contributed by atoms with Gasteiger partial charge >= 0.3 is 10.1 Å². The van der Waals surface area contributed by atoms with Gasteiger partial charge in [-0.05, 0) is 36.8 Å². The fourth-order valence-corrected chi connectivity index (χ4v) is 3.54. The number of nitrogens with one attached hydrogen (secondary N) is 1. The number of thiocarbonyl (C=S) groups is 1. The zero-order chi connectivity index (χ0) is 18.4. The molecule has 0 atom stereocenters. The molecule has 0 aliphatic carbocycles. The minimum absolute atomic E-state index is 0. The smallest absolute Gasteiger partial charge is 0.340 e. The Balaban J connectivity index is 0.00000338. The summed E-state index contributed by atoms with van der Waals surface area (Å²) in [5.41, 5.74) is 4.35. The summed E-state index contributed by atoms with van der Waals surface area (Å²) in [6, 6.07) is 11.0. The maximum Gasteiger partial charge on any atom is 0.340 e. The summed E-state index contributed by atoms with van der Waals surface area (Å²) >= 11 is 10.7. The molecule has 0 radical (unpaired) electrons. The van der Waals surface area contributed by atoms with Crippen LogP contribution in [0.15, 0.2) is 47.4 Å². The zero-order valence-electron chi connectivity index (χ0n) is 13.9. The van der Waals surface area contributed by atoms with E-state index in [1.807, 2.05) is 6.92 Å². The van der Waals surface area contributed by atoms with E-state index in [2.05, 4.69) is 11.1 Å². The Labute approximate surface area is 180 Å². The van der Waals surface area contributed by atoms with E-state index in [1.165, 1.54) is 18.2 Å². The van der Waals surface area contributed by atoms with Crippen molar-refractivity contribution in [2.45, 2.75) is 11.8 Å². The van der Waals surface area contributed by atoms with E-state index in [9.17, 15) is 8.42 Å². The topological polar surface area (TPSA) is 92.3 Å². The van der Waals surface area contributed by atoms with E-state index in [0.717, 1.165) is 5.56 Å². The van der Waals surface area contributed by atoms with E-state index in [1.54, 1.807) is 24.3 Å². The third-order valence-electron chi connectivity index (χ3n) is 3.03. The Hall–Kier alpha value is -1.14. The molecule has 2 aromatic carbocycles. The Morgan fingerprint density at radius 2 is 1.88 bits per heavy atom. The molecule has 0 aliphatic heterocycles. The molecular weight excluding hydrogens is 511 g/mol. The van der Waals surface area contributed by atoms with Crippen LogP contribution in [0, 0.1) is 6.92 Å². The molecule has 0 heterocycles. The Morgan fingerprint density at radius 1 is 1.23 bits per heavy atom. The molecule has 26 heavy (non-hydrogen) atoms. The van der Waals surface area contributed by atoms with Gasteiger partial charge in [-0.1, -0.05) is 23.7 Å². The first kappa shape index (κ1) is 22.9. The number of benzene rings is 2. The molecule has 0 unspecified atom stereocenters. The van der Waals surface area contributed by atoms with Gasteiger partial charge in [-0.25, -0.2) is 0 Å². The molecule has 6 nitrogen and oxygen atoms in total. The van der Waals surface area contributed by atoms with Crippen LogP contribution in [-0.4, -0.2) is 26.7 Å². The quantitative estimate of drug-likeness (QED) is 0.206. The summed E-state index contributed by atoms with van der Waals surface area (Å²) in [7, 11) is -4.04. The van der Waals surface area contributed by atoms with Crippen molar-refractivity contribution in [1.82, 2.24) is 5.32 Å². The predicted octanol–water partition coefficient (Wildman–Crippen LogP) is -1.08. The van der Waals surface area contributed by atoms with Crippen LogP contribution < -0.4 is 43.9 Å². The lowest BCUT2D eigenvalue weighted by Crippen LogP contribution is -3.00. The van der Waals surface area contributed by atoms with E-state index in [0.29, 0.717) is 24.0 Å². The normalized spacial score (nSPS) is 10.6. The van der Waals surface area contributed by atoms with Crippen molar-refractivity contribution in [3.63, 3.8) is 0 Å². The Bertz CT molecular complexity index is 878. The van der Waals surface area contributed by atoms with E-state index < -0.39 is 10.1 Å². The van der Waals surface area contributed by atoms with Crippen LogP contribution in [0.25, 0.3) is 0 Å². The van der Waals surface area contributed by atoms with Gasteiger partial charge in [0.15, 0.2) is 0 Å². The maximum atomic E-state index is 12.4. The monoisotopic (exact) mass is 528 g/mol. The lowest BCUT2D eigenvalue weighted by Gasteiger charge is -2.12. The highest BCUT2D eigenvalue weighted by Gasteiger charge is 2.20. The standard InChI is InChI=1S/C16H17ClN2O4S2.HI/c1-11-8-12(22-7-6-19-16(18)24)10-13(9-11)23-25(20,21)15-5-3-2-4-14(15)17;/h2-5,8-10H,6-7H2,1H3,(H3,18,19,24);1H. The fourth-order valence-electron chi connectivity index (χ4n) is 2.02. The average molecular weight is 529 g/mol. The number of ether oxygens (including phenoxy) is 1. The number of aryl methyl sites for hydroxylation is 1. The van der Waals surface area contributed by atoms with Gasteiger partial charge in [0.25, 0.3) is 5.11 Å². The minimum Gasteiger partial charge on any atom is -1.00 e. The molecule has 142 valence electrons. The molecule has 0 aliphatic rings. The van der Waals surface area contributed by atoms with Crippen molar-refractivity contribution in [1.29, 1.82) is 0 Å². The number of hydrogen-bond acceptors (Lipinski definition) is 5. The van der Waals surface area contributed by atoms with Gasteiger partial charge in [-0.3, -0.25) is 0 Å². The Morgan fingerprint density at radius 3 is 2.54 bits per heavy atom. The van der Waals surface area contributed by atoms with Crippen LogP contribution in [0.1, 0.15) is 5.56 Å². The summed E-state index contributed by atoms with van der Waals surface area (Å²) in [4.78, 5) is -0.0891. The second-order valence-corrected chi connectivity index (χ2v) is 7.56. The molecule has 0 spiro atoms. The molecule has 4 N–H and O–H groups in total. The average Bonchev–Trinajstić information content (AvgIpc) is 2.50. The van der Waals surface area contributed by atoms with Gasteiger partial charge < -0.3 is 43.9 Å². The zero-order valence-corrected chi connectivity index (χ0v) is 18.4. The fraction of sp³-hybridized carbons (Fsp3) is 0.188. The number of quaternary nitrogens is 1. The molecular formula is C16H18ClIN2O4S2. The van der Waals surface area contributed by atoms with Crippen molar-refractivity contribution in [2.24, 2.45) is 0 Å². The first-order chi connectivity index (χ1) is 11.8. The Kier molecular flexibility index (Phi) is 9.04. The third kappa shape index (κ3) is 6.88. The molecule has 0 saturated heterocycles. The highest BCUT2D eigenvalue weighted by molar-refractivity contribution is 7.87. The molecule has 0 aromatic heterocycles. The van der Waals surface area contributed by atoms with Crippen molar-refractivity contribution in [3.05, 3.63) is 53.1 Å².